The van der Waals surface area contributed by atoms with Crippen LogP contribution < -0.4 is 0 Å². The normalized spacial score (nSPS) is 10.1. The molecule has 0 fully saturated rings. The molecule has 70 valence electrons. The summed E-state index contributed by atoms with van der Waals surface area (Å²) >= 11 is 0. The molecule has 0 aliphatic rings. The Morgan fingerprint density at radius 2 is 1.93 bits per heavy atom. The standard InChI is InChI=1S/C12H12N2/c1-9-3-4-11(10(2)7-9)12-8-13-5-6-14-12/h3-8H,1-2H3. The lowest BCUT2D eigenvalue weighted by molar-refractivity contribution is 1.20. The van der Waals surface area contributed by atoms with Gasteiger partial charge in [0, 0.05) is 18.0 Å². The molecule has 0 bridgehead atoms. The van der Waals surface area contributed by atoms with E-state index in [2.05, 4.69) is 42.0 Å². The fourth-order valence-corrected chi connectivity index (χ4v) is 1.54. The summed E-state index contributed by atoms with van der Waals surface area (Å²) in [6.07, 6.45) is 5.19. The molecule has 0 atom stereocenters. The highest BCUT2D eigenvalue weighted by Gasteiger charge is 2.02. The van der Waals surface area contributed by atoms with E-state index in [1.165, 1.54) is 11.1 Å². The van der Waals surface area contributed by atoms with E-state index in [0.29, 0.717) is 0 Å². The molecule has 0 N–H and O–H groups in total. The molecule has 2 rings (SSSR count). The Balaban J connectivity index is 2.53. The molecule has 0 saturated carbocycles. The van der Waals surface area contributed by atoms with Crippen LogP contribution in [-0.4, -0.2) is 9.97 Å². The third-order valence-electron chi connectivity index (χ3n) is 2.22. The Bertz CT molecular complexity index is 435. The van der Waals surface area contributed by atoms with Gasteiger partial charge < -0.3 is 0 Å². The second-order valence-corrected chi connectivity index (χ2v) is 3.41. The fraction of sp³-hybridized carbons (Fsp3) is 0.167. The lowest BCUT2D eigenvalue weighted by Crippen LogP contribution is -1.88. The van der Waals surface area contributed by atoms with Crippen molar-refractivity contribution in [1.82, 2.24) is 9.97 Å². The van der Waals surface area contributed by atoms with Crippen LogP contribution in [0.25, 0.3) is 11.3 Å². The first kappa shape index (κ1) is 8.88. The van der Waals surface area contributed by atoms with Gasteiger partial charge in [0.25, 0.3) is 0 Å². The molecule has 0 radical (unpaired) electrons. The Kier molecular flexibility index (Phi) is 2.27. The summed E-state index contributed by atoms with van der Waals surface area (Å²) in [7, 11) is 0. The topological polar surface area (TPSA) is 25.8 Å². The van der Waals surface area contributed by atoms with Gasteiger partial charge in [-0.3, -0.25) is 9.97 Å². The van der Waals surface area contributed by atoms with E-state index in [9.17, 15) is 0 Å². The van der Waals surface area contributed by atoms with Crippen LogP contribution in [-0.2, 0) is 0 Å². The summed E-state index contributed by atoms with van der Waals surface area (Å²) in [4.78, 5) is 8.34. The maximum atomic E-state index is 4.28. The second kappa shape index (κ2) is 3.58. The quantitative estimate of drug-likeness (QED) is 0.681. The molecule has 0 amide bonds. The van der Waals surface area contributed by atoms with Gasteiger partial charge in [0.05, 0.1) is 11.9 Å². The van der Waals surface area contributed by atoms with Gasteiger partial charge in [0.1, 0.15) is 0 Å². The first-order valence-corrected chi connectivity index (χ1v) is 4.61. The van der Waals surface area contributed by atoms with Gasteiger partial charge in [0.2, 0.25) is 0 Å². The number of rotatable bonds is 1. The second-order valence-electron chi connectivity index (χ2n) is 3.41. The van der Waals surface area contributed by atoms with Crippen molar-refractivity contribution in [2.75, 3.05) is 0 Å². The Labute approximate surface area is 83.7 Å². The van der Waals surface area contributed by atoms with Gasteiger partial charge in [-0.2, -0.15) is 0 Å². The van der Waals surface area contributed by atoms with E-state index in [-0.39, 0.29) is 0 Å². The Morgan fingerprint density at radius 3 is 2.57 bits per heavy atom. The Morgan fingerprint density at radius 1 is 1.07 bits per heavy atom. The summed E-state index contributed by atoms with van der Waals surface area (Å²) in [6, 6.07) is 6.34. The number of hydrogen-bond donors (Lipinski definition) is 0. The molecule has 1 aromatic carbocycles. The predicted molar refractivity (Wildman–Crippen MR) is 56.9 cm³/mol. The van der Waals surface area contributed by atoms with E-state index in [1.54, 1.807) is 18.6 Å². The molecule has 0 aliphatic heterocycles. The van der Waals surface area contributed by atoms with E-state index < -0.39 is 0 Å². The fourth-order valence-electron chi connectivity index (χ4n) is 1.54. The van der Waals surface area contributed by atoms with E-state index in [0.717, 1.165) is 11.3 Å². The van der Waals surface area contributed by atoms with Gasteiger partial charge in [-0.1, -0.05) is 23.8 Å². The van der Waals surface area contributed by atoms with Crippen molar-refractivity contribution >= 4 is 0 Å². The predicted octanol–water partition coefficient (Wildman–Crippen LogP) is 2.76. The van der Waals surface area contributed by atoms with E-state index in [4.69, 9.17) is 0 Å². The minimum Gasteiger partial charge on any atom is -0.261 e. The van der Waals surface area contributed by atoms with Crippen LogP contribution in [0, 0.1) is 13.8 Å². The van der Waals surface area contributed by atoms with Crippen molar-refractivity contribution in [3.05, 3.63) is 47.9 Å². The highest BCUT2D eigenvalue weighted by molar-refractivity contribution is 5.62. The summed E-state index contributed by atoms with van der Waals surface area (Å²) in [5, 5.41) is 0. The van der Waals surface area contributed by atoms with Gasteiger partial charge in [-0.15, -0.1) is 0 Å². The van der Waals surface area contributed by atoms with Crippen LogP contribution in [0.15, 0.2) is 36.8 Å². The first-order chi connectivity index (χ1) is 6.77. The number of nitrogens with zero attached hydrogens (tertiary/aromatic N) is 2. The van der Waals surface area contributed by atoms with Gasteiger partial charge >= 0.3 is 0 Å². The summed E-state index contributed by atoms with van der Waals surface area (Å²) in [6.45, 7) is 4.18. The third-order valence-corrected chi connectivity index (χ3v) is 2.22. The van der Waals surface area contributed by atoms with Crippen molar-refractivity contribution in [1.29, 1.82) is 0 Å². The Hall–Kier alpha value is -1.70. The third kappa shape index (κ3) is 1.64. The largest absolute Gasteiger partial charge is 0.261 e. The van der Waals surface area contributed by atoms with Gasteiger partial charge in [0.15, 0.2) is 0 Å². The van der Waals surface area contributed by atoms with Crippen molar-refractivity contribution in [2.45, 2.75) is 13.8 Å². The minimum atomic E-state index is 0.935. The summed E-state index contributed by atoms with van der Waals surface area (Å²) < 4.78 is 0. The molecule has 14 heavy (non-hydrogen) atoms. The van der Waals surface area contributed by atoms with Gasteiger partial charge in [-0.05, 0) is 19.4 Å². The molecule has 0 aliphatic carbocycles. The maximum absolute atomic E-state index is 4.28. The van der Waals surface area contributed by atoms with Crippen LogP contribution in [0.5, 0.6) is 0 Å². The number of aryl methyl sites for hydroxylation is 2. The number of aromatic nitrogens is 2. The van der Waals surface area contributed by atoms with Crippen molar-refractivity contribution < 1.29 is 0 Å². The molecule has 1 aromatic heterocycles. The van der Waals surface area contributed by atoms with E-state index >= 15 is 0 Å². The van der Waals surface area contributed by atoms with Crippen LogP contribution in [0.2, 0.25) is 0 Å². The average Bonchev–Trinajstić information content (AvgIpc) is 2.19. The average molecular weight is 184 g/mol. The molecule has 2 nitrogen and oxygen atoms in total. The van der Waals surface area contributed by atoms with Crippen molar-refractivity contribution in [3.8, 4) is 11.3 Å². The molecular formula is C12H12N2. The SMILES string of the molecule is Cc1ccc(-c2cnccn2)c(C)c1. The number of benzene rings is 1. The molecular weight excluding hydrogens is 172 g/mol. The molecule has 0 unspecified atom stereocenters. The van der Waals surface area contributed by atoms with Crippen LogP contribution in [0.4, 0.5) is 0 Å². The first-order valence-electron chi connectivity index (χ1n) is 4.61. The zero-order valence-electron chi connectivity index (χ0n) is 8.36. The summed E-state index contributed by atoms with van der Waals surface area (Å²) in [5.41, 5.74) is 4.61. The maximum Gasteiger partial charge on any atom is 0.0887 e. The van der Waals surface area contributed by atoms with Crippen LogP contribution >= 0.6 is 0 Å². The number of hydrogen-bond acceptors (Lipinski definition) is 2. The molecule has 2 aromatic rings. The smallest absolute Gasteiger partial charge is 0.0887 e. The lowest BCUT2D eigenvalue weighted by atomic mass is 10.0. The highest BCUT2D eigenvalue weighted by atomic mass is 14.8. The lowest BCUT2D eigenvalue weighted by Gasteiger charge is -2.04. The van der Waals surface area contributed by atoms with E-state index in [1.807, 2.05) is 0 Å². The van der Waals surface area contributed by atoms with Crippen LogP contribution in [0.1, 0.15) is 11.1 Å². The molecule has 1 heterocycles. The zero-order chi connectivity index (χ0) is 9.97. The summed E-state index contributed by atoms with van der Waals surface area (Å²) in [5.74, 6) is 0. The zero-order valence-corrected chi connectivity index (χ0v) is 8.36. The molecule has 0 spiro atoms. The molecule has 2 heteroatoms. The van der Waals surface area contributed by atoms with Crippen LogP contribution in [0.3, 0.4) is 0 Å². The van der Waals surface area contributed by atoms with Gasteiger partial charge in [-0.25, -0.2) is 0 Å². The highest BCUT2D eigenvalue weighted by Crippen LogP contribution is 2.20. The minimum absolute atomic E-state index is 0.935. The van der Waals surface area contributed by atoms with Crippen molar-refractivity contribution in [2.24, 2.45) is 0 Å². The molecule has 0 saturated heterocycles. The van der Waals surface area contributed by atoms with Crippen molar-refractivity contribution in [3.63, 3.8) is 0 Å². The monoisotopic (exact) mass is 184 g/mol.